The number of piperidine rings is 1. The summed E-state index contributed by atoms with van der Waals surface area (Å²) in [6.07, 6.45) is 4.56. The van der Waals surface area contributed by atoms with Crippen molar-refractivity contribution >= 4 is 5.78 Å². The van der Waals surface area contributed by atoms with Gasteiger partial charge in [-0.3, -0.25) is 4.79 Å². The van der Waals surface area contributed by atoms with Crippen LogP contribution in [0.2, 0.25) is 0 Å². The fraction of sp³-hybridized carbons (Fsp3) is 0.611. The first kappa shape index (κ1) is 15.2. The first-order valence-corrected chi connectivity index (χ1v) is 7.83. The average Bonchev–Trinajstić information content (AvgIpc) is 2.45. The van der Waals surface area contributed by atoms with Gasteiger partial charge in [-0.05, 0) is 43.0 Å². The predicted octanol–water partition coefficient (Wildman–Crippen LogP) is 4.04. The monoisotopic (exact) mass is 273 g/mol. The summed E-state index contributed by atoms with van der Waals surface area (Å²) in [5.41, 5.74) is 2.21. The van der Waals surface area contributed by atoms with E-state index in [2.05, 4.69) is 37.8 Å². The number of Topliss-reactive ketones (excluding diaryl/α,β-unsaturated/α-hetero) is 1. The number of carbonyl (C=O) groups excluding carboxylic acids is 1. The molecule has 2 nitrogen and oxygen atoms in total. The van der Waals surface area contributed by atoms with Crippen molar-refractivity contribution in [3.05, 3.63) is 35.4 Å². The van der Waals surface area contributed by atoms with Crippen LogP contribution in [0, 0.1) is 0 Å². The van der Waals surface area contributed by atoms with Crippen molar-refractivity contribution in [3.8, 4) is 0 Å². The first-order chi connectivity index (χ1) is 9.47. The fourth-order valence-electron chi connectivity index (χ4n) is 2.75. The molecule has 110 valence electrons. The molecule has 2 heteroatoms. The van der Waals surface area contributed by atoms with E-state index in [0.717, 1.165) is 25.2 Å². The highest BCUT2D eigenvalue weighted by molar-refractivity contribution is 5.96. The fourth-order valence-corrected chi connectivity index (χ4v) is 2.75. The standard InChI is InChI=1S/C18H27NO/c1-18(2,3)16-9-7-8-15(14-16)17(20)10-13-19-11-5-4-6-12-19/h7-9,14H,4-6,10-13H2,1-3H3. The van der Waals surface area contributed by atoms with Gasteiger partial charge in [-0.15, -0.1) is 0 Å². The lowest BCUT2D eigenvalue weighted by Crippen LogP contribution is -2.31. The molecule has 0 amide bonds. The van der Waals surface area contributed by atoms with Crippen molar-refractivity contribution in [1.29, 1.82) is 0 Å². The predicted molar refractivity (Wildman–Crippen MR) is 84.4 cm³/mol. The summed E-state index contributed by atoms with van der Waals surface area (Å²) < 4.78 is 0. The van der Waals surface area contributed by atoms with Gasteiger partial charge < -0.3 is 4.90 Å². The third-order valence-electron chi connectivity index (χ3n) is 4.15. The number of rotatable bonds is 4. The highest BCUT2D eigenvalue weighted by Gasteiger charge is 2.16. The van der Waals surface area contributed by atoms with Gasteiger partial charge in [0, 0.05) is 18.5 Å². The summed E-state index contributed by atoms with van der Waals surface area (Å²) >= 11 is 0. The molecule has 1 aromatic rings. The Hall–Kier alpha value is -1.15. The van der Waals surface area contributed by atoms with Gasteiger partial charge >= 0.3 is 0 Å². The summed E-state index contributed by atoms with van der Waals surface area (Å²) in [5.74, 6) is 0.279. The zero-order valence-corrected chi connectivity index (χ0v) is 13.1. The zero-order valence-electron chi connectivity index (χ0n) is 13.1. The molecule has 0 bridgehead atoms. The number of benzene rings is 1. The molecule has 1 fully saturated rings. The van der Waals surface area contributed by atoms with Crippen LogP contribution in [-0.2, 0) is 5.41 Å². The highest BCUT2D eigenvalue weighted by atomic mass is 16.1. The lowest BCUT2D eigenvalue weighted by atomic mass is 9.85. The van der Waals surface area contributed by atoms with E-state index in [1.807, 2.05) is 12.1 Å². The second kappa shape index (κ2) is 6.53. The second-order valence-electron chi connectivity index (χ2n) is 6.91. The molecule has 0 N–H and O–H groups in total. The average molecular weight is 273 g/mol. The molecular weight excluding hydrogens is 246 g/mol. The molecule has 0 spiro atoms. The molecule has 0 unspecified atom stereocenters. The van der Waals surface area contributed by atoms with Crippen LogP contribution in [0.15, 0.2) is 24.3 Å². The SMILES string of the molecule is CC(C)(C)c1cccc(C(=O)CCN2CCCCC2)c1. The molecule has 1 aliphatic rings. The van der Waals surface area contributed by atoms with Crippen molar-refractivity contribution in [1.82, 2.24) is 4.90 Å². The molecule has 0 atom stereocenters. The van der Waals surface area contributed by atoms with Gasteiger partial charge in [-0.1, -0.05) is 45.4 Å². The Bertz CT molecular complexity index is 453. The second-order valence-corrected chi connectivity index (χ2v) is 6.91. The summed E-state index contributed by atoms with van der Waals surface area (Å²) in [4.78, 5) is 14.8. The summed E-state index contributed by atoms with van der Waals surface area (Å²) in [7, 11) is 0. The van der Waals surface area contributed by atoms with E-state index < -0.39 is 0 Å². The molecule has 0 saturated carbocycles. The van der Waals surface area contributed by atoms with Crippen molar-refractivity contribution in [3.63, 3.8) is 0 Å². The molecule has 1 aromatic carbocycles. The van der Waals surface area contributed by atoms with Gasteiger partial charge in [0.2, 0.25) is 0 Å². The lowest BCUT2D eigenvalue weighted by molar-refractivity contribution is 0.0958. The lowest BCUT2D eigenvalue weighted by Gasteiger charge is -2.26. The van der Waals surface area contributed by atoms with Crippen LogP contribution in [0.5, 0.6) is 0 Å². The van der Waals surface area contributed by atoms with Gasteiger partial charge in [0.25, 0.3) is 0 Å². The molecule has 0 aliphatic carbocycles. The maximum absolute atomic E-state index is 12.3. The minimum absolute atomic E-state index is 0.100. The topological polar surface area (TPSA) is 20.3 Å². The van der Waals surface area contributed by atoms with Crippen LogP contribution in [0.25, 0.3) is 0 Å². The van der Waals surface area contributed by atoms with E-state index in [1.54, 1.807) is 0 Å². The molecule has 0 radical (unpaired) electrons. The summed E-state index contributed by atoms with van der Waals surface area (Å²) in [6, 6.07) is 8.14. The zero-order chi connectivity index (χ0) is 14.6. The Morgan fingerprint density at radius 1 is 1.15 bits per heavy atom. The smallest absolute Gasteiger partial charge is 0.164 e. The Morgan fingerprint density at radius 2 is 1.85 bits per heavy atom. The molecule has 1 saturated heterocycles. The van der Waals surface area contributed by atoms with Gasteiger partial charge in [-0.25, -0.2) is 0 Å². The molecule has 0 aromatic heterocycles. The van der Waals surface area contributed by atoms with E-state index in [0.29, 0.717) is 6.42 Å². The van der Waals surface area contributed by atoms with Crippen LogP contribution in [0.1, 0.15) is 62.4 Å². The van der Waals surface area contributed by atoms with E-state index in [-0.39, 0.29) is 11.2 Å². The summed E-state index contributed by atoms with van der Waals surface area (Å²) in [6.45, 7) is 9.79. The van der Waals surface area contributed by atoms with Crippen molar-refractivity contribution < 1.29 is 4.79 Å². The number of nitrogens with zero attached hydrogens (tertiary/aromatic N) is 1. The Balaban J connectivity index is 1.95. The minimum Gasteiger partial charge on any atom is -0.303 e. The van der Waals surface area contributed by atoms with E-state index in [9.17, 15) is 4.79 Å². The normalized spacial score (nSPS) is 17.1. The van der Waals surface area contributed by atoms with Crippen molar-refractivity contribution in [2.45, 2.75) is 51.9 Å². The highest BCUT2D eigenvalue weighted by Crippen LogP contribution is 2.23. The van der Waals surface area contributed by atoms with Crippen molar-refractivity contribution in [2.24, 2.45) is 0 Å². The molecule has 2 rings (SSSR count). The van der Waals surface area contributed by atoms with E-state index in [4.69, 9.17) is 0 Å². The van der Waals surface area contributed by atoms with Gasteiger partial charge in [0.15, 0.2) is 5.78 Å². The largest absolute Gasteiger partial charge is 0.303 e. The molecule has 20 heavy (non-hydrogen) atoms. The minimum atomic E-state index is 0.100. The molecule has 1 heterocycles. The van der Waals surface area contributed by atoms with Crippen LogP contribution in [0.4, 0.5) is 0 Å². The van der Waals surface area contributed by atoms with Gasteiger partial charge in [0.05, 0.1) is 0 Å². The first-order valence-electron chi connectivity index (χ1n) is 7.83. The Kier molecular flexibility index (Phi) is 4.98. The molecule has 1 aliphatic heterocycles. The van der Waals surface area contributed by atoms with Gasteiger partial charge in [-0.2, -0.15) is 0 Å². The maximum Gasteiger partial charge on any atom is 0.164 e. The summed E-state index contributed by atoms with van der Waals surface area (Å²) in [5, 5.41) is 0. The number of hydrogen-bond donors (Lipinski definition) is 0. The molecular formula is C18H27NO. The van der Waals surface area contributed by atoms with Crippen LogP contribution in [-0.4, -0.2) is 30.3 Å². The number of carbonyl (C=O) groups is 1. The number of ketones is 1. The van der Waals surface area contributed by atoms with Crippen LogP contribution >= 0.6 is 0 Å². The van der Waals surface area contributed by atoms with Crippen LogP contribution < -0.4 is 0 Å². The number of likely N-dealkylation sites (tertiary alicyclic amines) is 1. The quantitative estimate of drug-likeness (QED) is 0.772. The van der Waals surface area contributed by atoms with E-state index in [1.165, 1.54) is 24.8 Å². The van der Waals surface area contributed by atoms with E-state index >= 15 is 0 Å². The third kappa shape index (κ3) is 4.17. The van der Waals surface area contributed by atoms with Gasteiger partial charge in [0.1, 0.15) is 0 Å². The Morgan fingerprint density at radius 3 is 2.50 bits per heavy atom. The van der Waals surface area contributed by atoms with Crippen LogP contribution in [0.3, 0.4) is 0 Å². The Labute approximate surface area is 123 Å². The number of hydrogen-bond acceptors (Lipinski definition) is 2. The maximum atomic E-state index is 12.3. The van der Waals surface area contributed by atoms with Crippen molar-refractivity contribution in [2.75, 3.05) is 19.6 Å². The third-order valence-corrected chi connectivity index (χ3v) is 4.15.